The zero-order chi connectivity index (χ0) is 15.9. The lowest BCUT2D eigenvalue weighted by molar-refractivity contribution is 0.0959. The molecule has 0 aliphatic carbocycles. The Morgan fingerprint density at radius 2 is 1.70 bits per heavy atom. The fourth-order valence-electron chi connectivity index (χ4n) is 1.87. The summed E-state index contributed by atoms with van der Waals surface area (Å²) in [7, 11) is 0. The first-order valence-corrected chi connectivity index (χ1v) is 7.89. The number of rotatable bonds is 5. The molecule has 0 saturated heterocycles. The van der Waals surface area contributed by atoms with Gasteiger partial charge in [-0.1, -0.05) is 24.3 Å². The summed E-state index contributed by atoms with van der Waals surface area (Å²) in [5, 5.41) is 5.80. The molecule has 0 bridgehead atoms. The molecule has 1 N–H and O–H groups in total. The third-order valence-corrected chi connectivity index (χ3v) is 3.85. The summed E-state index contributed by atoms with van der Waals surface area (Å²) in [4.78, 5) is 12.4. The van der Waals surface area contributed by atoms with Crippen LogP contribution in [0.2, 0.25) is 0 Å². The molecule has 0 saturated carbocycles. The molecule has 0 aliphatic rings. The molecule has 114 valence electrons. The molecular formula is C18H14N2O2S. The number of hydrogen-bond acceptors (Lipinski definition) is 4. The van der Waals surface area contributed by atoms with E-state index < -0.39 is 0 Å². The van der Waals surface area contributed by atoms with Crippen molar-refractivity contribution in [2.24, 2.45) is 5.10 Å². The van der Waals surface area contributed by atoms with Crippen molar-refractivity contribution >= 4 is 23.5 Å². The van der Waals surface area contributed by atoms with Crippen LogP contribution in [-0.2, 0) is 0 Å². The maximum Gasteiger partial charge on any atom is 0.281 e. The van der Waals surface area contributed by atoms with Gasteiger partial charge in [-0.15, -0.1) is 11.3 Å². The molecule has 1 aromatic heterocycles. The molecule has 1 heterocycles. The lowest BCUT2D eigenvalue weighted by Crippen LogP contribution is -2.16. The minimum Gasteiger partial charge on any atom is -0.457 e. The summed E-state index contributed by atoms with van der Waals surface area (Å²) >= 11 is 1.38. The van der Waals surface area contributed by atoms with Gasteiger partial charge in [0.2, 0.25) is 0 Å². The number of hydrogen-bond donors (Lipinski definition) is 1. The van der Waals surface area contributed by atoms with Crippen molar-refractivity contribution in [1.29, 1.82) is 0 Å². The minimum atomic E-state index is -0.208. The summed E-state index contributed by atoms with van der Waals surface area (Å²) in [6, 6.07) is 20.6. The lowest BCUT2D eigenvalue weighted by atomic mass is 10.2. The third kappa shape index (κ3) is 4.28. The second kappa shape index (κ2) is 7.38. The SMILES string of the molecule is O=C(NN=Cc1ccc(Oc2ccccc2)cc1)c1cccs1. The van der Waals surface area contributed by atoms with Crippen molar-refractivity contribution in [1.82, 2.24) is 5.43 Å². The molecule has 23 heavy (non-hydrogen) atoms. The van der Waals surface area contributed by atoms with Crippen LogP contribution in [0.25, 0.3) is 0 Å². The Labute approximate surface area is 138 Å². The van der Waals surface area contributed by atoms with Crippen LogP contribution in [0.1, 0.15) is 15.2 Å². The monoisotopic (exact) mass is 322 g/mol. The number of carbonyl (C=O) groups excluding carboxylic acids is 1. The summed E-state index contributed by atoms with van der Waals surface area (Å²) in [6.07, 6.45) is 1.60. The van der Waals surface area contributed by atoms with Gasteiger partial charge in [-0.3, -0.25) is 4.79 Å². The molecule has 0 atom stereocenters. The van der Waals surface area contributed by atoms with Gasteiger partial charge in [-0.05, 0) is 53.4 Å². The number of hydrazone groups is 1. The van der Waals surface area contributed by atoms with E-state index in [2.05, 4.69) is 10.5 Å². The molecule has 2 aromatic carbocycles. The van der Waals surface area contributed by atoms with Gasteiger partial charge in [0.05, 0.1) is 11.1 Å². The average Bonchev–Trinajstić information content (AvgIpc) is 3.12. The maximum atomic E-state index is 11.7. The van der Waals surface area contributed by atoms with Crippen LogP contribution in [0, 0.1) is 0 Å². The summed E-state index contributed by atoms with van der Waals surface area (Å²) in [5.41, 5.74) is 3.37. The van der Waals surface area contributed by atoms with Crippen molar-refractivity contribution in [3.05, 3.63) is 82.6 Å². The number of benzene rings is 2. The smallest absolute Gasteiger partial charge is 0.281 e. The van der Waals surface area contributed by atoms with E-state index in [1.165, 1.54) is 11.3 Å². The molecular weight excluding hydrogens is 308 g/mol. The minimum absolute atomic E-state index is 0.208. The second-order valence-electron chi connectivity index (χ2n) is 4.66. The van der Waals surface area contributed by atoms with Crippen molar-refractivity contribution in [2.75, 3.05) is 0 Å². The number of carbonyl (C=O) groups is 1. The summed E-state index contributed by atoms with van der Waals surface area (Å²) < 4.78 is 5.71. The van der Waals surface area contributed by atoms with Gasteiger partial charge in [-0.2, -0.15) is 5.10 Å². The van der Waals surface area contributed by atoms with Crippen LogP contribution in [0.15, 0.2) is 77.2 Å². The van der Waals surface area contributed by atoms with Crippen molar-refractivity contribution in [2.45, 2.75) is 0 Å². The fourth-order valence-corrected chi connectivity index (χ4v) is 2.49. The number of thiophene rings is 1. The molecule has 3 aromatic rings. The molecule has 5 heteroatoms. The zero-order valence-corrected chi connectivity index (χ0v) is 13.0. The van der Waals surface area contributed by atoms with Crippen molar-refractivity contribution < 1.29 is 9.53 Å². The highest BCUT2D eigenvalue weighted by Gasteiger charge is 2.03. The van der Waals surface area contributed by atoms with Crippen LogP contribution in [0.5, 0.6) is 11.5 Å². The molecule has 0 fully saturated rings. The molecule has 4 nitrogen and oxygen atoms in total. The predicted octanol–water partition coefficient (Wildman–Crippen LogP) is 4.30. The van der Waals surface area contributed by atoms with Crippen molar-refractivity contribution in [3.8, 4) is 11.5 Å². The first-order chi connectivity index (χ1) is 11.3. The standard InChI is InChI=1S/C18H14N2O2S/c21-18(17-7-4-12-23-17)20-19-13-14-8-10-16(11-9-14)22-15-5-2-1-3-6-15/h1-13H,(H,20,21). The number of para-hydroxylation sites is 1. The largest absolute Gasteiger partial charge is 0.457 e. The Balaban J connectivity index is 1.57. The van der Waals surface area contributed by atoms with E-state index in [1.807, 2.05) is 66.0 Å². The molecule has 1 amide bonds. The highest BCUT2D eigenvalue weighted by molar-refractivity contribution is 7.12. The van der Waals surface area contributed by atoms with Crippen LogP contribution < -0.4 is 10.2 Å². The Kier molecular flexibility index (Phi) is 4.81. The maximum absolute atomic E-state index is 11.7. The second-order valence-corrected chi connectivity index (χ2v) is 5.61. The average molecular weight is 322 g/mol. The van der Waals surface area contributed by atoms with Crippen LogP contribution in [-0.4, -0.2) is 12.1 Å². The molecule has 0 unspecified atom stereocenters. The number of nitrogens with zero attached hydrogens (tertiary/aromatic N) is 1. The Hall–Kier alpha value is -2.92. The Morgan fingerprint density at radius 3 is 2.39 bits per heavy atom. The molecule has 3 rings (SSSR count). The van der Waals surface area contributed by atoms with Crippen LogP contribution in [0.3, 0.4) is 0 Å². The summed E-state index contributed by atoms with van der Waals surface area (Å²) in [5.74, 6) is 1.33. The number of nitrogens with one attached hydrogen (secondary N) is 1. The van der Waals surface area contributed by atoms with Gasteiger partial charge < -0.3 is 4.74 Å². The highest BCUT2D eigenvalue weighted by Crippen LogP contribution is 2.20. The van der Waals surface area contributed by atoms with E-state index >= 15 is 0 Å². The van der Waals surface area contributed by atoms with E-state index in [-0.39, 0.29) is 5.91 Å². The normalized spacial score (nSPS) is 10.6. The van der Waals surface area contributed by atoms with Gasteiger partial charge in [0.15, 0.2) is 0 Å². The predicted molar refractivity (Wildman–Crippen MR) is 92.3 cm³/mol. The Morgan fingerprint density at radius 1 is 0.957 bits per heavy atom. The first kappa shape index (κ1) is 15.0. The van der Waals surface area contributed by atoms with Crippen LogP contribution >= 0.6 is 11.3 Å². The molecule has 0 radical (unpaired) electrons. The van der Waals surface area contributed by atoms with Gasteiger partial charge in [0.25, 0.3) is 5.91 Å². The van der Waals surface area contributed by atoms with E-state index in [9.17, 15) is 4.79 Å². The summed E-state index contributed by atoms with van der Waals surface area (Å²) in [6.45, 7) is 0. The van der Waals surface area contributed by atoms with E-state index in [0.29, 0.717) is 4.88 Å². The quantitative estimate of drug-likeness (QED) is 0.562. The number of amides is 1. The van der Waals surface area contributed by atoms with Gasteiger partial charge in [0, 0.05) is 0 Å². The van der Waals surface area contributed by atoms with Gasteiger partial charge >= 0.3 is 0 Å². The van der Waals surface area contributed by atoms with Crippen LogP contribution in [0.4, 0.5) is 0 Å². The van der Waals surface area contributed by atoms with E-state index in [4.69, 9.17) is 4.74 Å². The fraction of sp³-hybridized carbons (Fsp3) is 0. The molecule has 0 aliphatic heterocycles. The van der Waals surface area contributed by atoms with E-state index in [0.717, 1.165) is 17.1 Å². The topological polar surface area (TPSA) is 50.7 Å². The molecule has 0 spiro atoms. The van der Waals surface area contributed by atoms with E-state index in [1.54, 1.807) is 12.3 Å². The lowest BCUT2D eigenvalue weighted by Gasteiger charge is -2.05. The van der Waals surface area contributed by atoms with Gasteiger partial charge in [-0.25, -0.2) is 5.43 Å². The third-order valence-electron chi connectivity index (χ3n) is 2.98. The highest BCUT2D eigenvalue weighted by atomic mass is 32.1. The first-order valence-electron chi connectivity index (χ1n) is 7.01. The zero-order valence-electron chi connectivity index (χ0n) is 12.2. The van der Waals surface area contributed by atoms with Crippen molar-refractivity contribution in [3.63, 3.8) is 0 Å². The number of ether oxygens (including phenoxy) is 1. The Bertz CT molecular complexity index is 782. The van der Waals surface area contributed by atoms with Gasteiger partial charge in [0.1, 0.15) is 11.5 Å².